The van der Waals surface area contributed by atoms with Crippen molar-refractivity contribution in [1.82, 2.24) is 14.8 Å². The molecule has 1 fully saturated rings. The molecule has 158 valence electrons. The Morgan fingerprint density at radius 2 is 2.03 bits per heavy atom. The number of amides is 1. The summed E-state index contributed by atoms with van der Waals surface area (Å²) < 4.78 is 12.9. The minimum Gasteiger partial charge on any atom is -0.460 e. The molecule has 4 rings (SSSR count). The van der Waals surface area contributed by atoms with Gasteiger partial charge in [0, 0.05) is 57.0 Å². The van der Waals surface area contributed by atoms with Crippen LogP contribution in [0, 0.1) is 17.0 Å². The van der Waals surface area contributed by atoms with Crippen molar-refractivity contribution in [2.45, 2.75) is 13.5 Å². The highest BCUT2D eigenvalue weighted by atomic mass is 16.6. The first-order chi connectivity index (χ1) is 14.5. The number of carbonyl (C=O) groups is 1. The van der Waals surface area contributed by atoms with Crippen molar-refractivity contribution >= 4 is 22.7 Å². The van der Waals surface area contributed by atoms with Gasteiger partial charge in [0.25, 0.3) is 11.6 Å². The number of non-ortho nitro benzene ring substituents is 1. The minimum atomic E-state index is -0.421. The number of aromatic nitrogens is 1. The van der Waals surface area contributed by atoms with E-state index in [9.17, 15) is 14.9 Å². The number of nitrogens with zero attached hydrogens (tertiary/aromatic N) is 3. The van der Waals surface area contributed by atoms with Crippen molar-refractivity contribution in [3.8, 4) is 0 Å². The van der Waals surface area contributed by atoms with Gasteiger partial charge in [0.1, 0.15) is 11.5 Å². The summed E-state index contributed by atoms with van der Waals surface area (Å²) in [5.41, 5.74) is 2.64. The molecule has 3 aromatic rings. The van der Waals surface area contributed by atoms with Gasteiger partial charge >= 0.3 is 0 Å². The van der Waals surface area contributed by atoms with Crippen molar-refractivity contribution in [2.24, 2.45) is 0 Å². The van der Waals surface area contributed by atoms with Crippen LogP contribution in [0.3, 0.4) is 0 Å². The molecule has 0 atom stereocenters. The van der Waals surface area contributed by atoms with Gasteiger partial charge in [0.05, 0.1) is 23.7 Å². The molecule has 1 aliphatic heterocycles. The number of hydrogen-bond acceptors (Lipinski definition) is 6. The number of nitrogens with one attached hydrogen (secondary N) is 1. The average Bonchev–Trinajstić information content (AvgIpc) is 3.26. The van der Waals surface area contributed by atoms with E-state index in [1.165, 1.54) is 12.1 Å². The second kappa shape index (κ2) is 8.68. The zero-order chi connectivity index (χ0) is 21.1. The summed E-state index contributed by atoms with van der Waals surface area (Å²) in [4.78, 5) is 25.8. The third-order valence-corrected chi connectivity index (χ3v) is 5.22. The van der Waals surface area contributed by atoms with E-state index in [0.29, 0.717) is 24.4 Å². The normalized spacial score (nSPS) is 14.8. The molecule has 1 saturated heterocycles. The molecule has 0 spiro atoms. The number of benzene rings is 1. The predicted molar refractivity (Wildman–Crippen MR) is 111 cm³/mol. The third kappa shape index (κ3) is 4.37. The van der Waals surface area contributed by atoms with Gasteiger partial charge in [0.2, 0.25) is 0 Å². The molecule has 1 amide bonds. The van der Waals surface area contributed by atoms with E-state index < -0.39 is 4.92 Å². The van der Waals surface area contributed by atoms with Crippen LogP contribution < -0.4 is 5.32 Å². The van der Waals surface area contributed by atoms with Crippen LogP contribution in [-0.2, 0) is 11.3 Å². The summed E-state index contributed by atoms with van der Waals surface area (Å²) in [6.07, 6.45) is 0. The van der Waals surface area contributed by atoms with E-state index in [0.717, 1.165) is 49.7 Å². The summed E-state index contributed by atoms with van der Waals surface area (Å²) >= 11 is 0. The topological polar surface area (TPSA) is 103 Å². The number of carbonyl (C=O) groups excluding carboxylic acids is 1. The molecule has 9 nitrogen and oxygen atoms in total. The summed E-state index contributed by atoms with van der Waals surface area (Å²) in [6, 6.07) is 10.0. The smallest absolute Gasteiger partial charge is 0.269 e. The Bertz CT molecular complexity index is 1060. The van der Waals surface area contributed by atoms with Crippen molar-refractivity contribution < 1.29 is 18.9 Å². The fourth-order valence-electron chi connectivity index (χ4n) is 3.72. The van der Waals surface area contributed by atoms with Crippen LogP contribution in [-0.4, -0.2) is 59.7 Å². The first kappa shape index (κ1) is 20.1. The third-order valence-electron chi connectivity index (χ3n) is 5.22. The van der Waals surface area contributed by atoms with Gasteiger partial charge in [-0.15, -0.1) is 0 Å². The number of aryl methyl sites for hydroxylation is 1. The number of nitro benzene ring substituents is 1. The molecule has 30 heavy (non-hydrogen) atoms. The van der Waals surface area contributed by atoms with E-state index in [1.54, 1.807) is 12.1 Å². The number of morpholine rings is 1. The van der Waals surface area contributed by atoms with E-state index in [1.807, 2.05) is 23.6 Å². The Kier molecular flexibility index (Phi) is 5.82. The van der Waals surface area contributed by atoms with Crippen LogP contribution in [0.2, 0.25) is 0 Å². The van der Waals surface area contributed by atoms with E-state index in [2.05, 4.69) is 10.2 Å². The lowest BCUT2D eigenvalue weighted by Crippen LogP contribution is -2.41. The highest BCUT2D eigenvalue weighted by Crippen LogP contribution is 2.25. The Hall–Kier alpha value is -3.17. The molecule has 0 radical (unpaired) electrons. The highest BCUT2D eigenvalue weighted by Gasteiger charge is 2.19. The predicted octanol–water partition coefficient (Wildman–Crippen LogP) is 2.56. The Labute approximate surface area is 173 Å². The van der Waals surface area contributed by atoms with Crippen molar-refractivity contribution in [3.05, 3.63) is 63.5 Å². The molecular formula is C21H24N4O5. The molecular weight excluding hydrogens is 388 g/mol. The lowest BCUT2D eigenvalue weighted by Gasteiger charge is -2.26. The summed E-state index contributed by atoms with van der Waals surface area (Å²) in [5.74, 6) is 0.546. The molecule has 1 N–H and O–H groups in total. The van der Waals surface area contributed by atoms with Gasteiger partial charge in [0.15, 0.2) is 5.58 Å². The zero-order valence-electron chi connectivity index (χ0n) is 16.8. The van der Waals surface area contributed by atoms with Crippen LogP contribution in [0.1, 0.15) is 21.8 Å². The maximum absolute atomic E-state index is 12.9. The molecule has 0 aliphatic carbocycles. The minimum absolute atomic E-state index is 0.0239. The summed E-state index contributed by atoms with van der Waals surface area (Å²) in [6.45, 7) is 6.63. The molecule has 0 bridgehead atoms. The lowest BCUT2D eigenvalue weighted by atomic mass is 10.2. The Morgan fingerprint density at radius 3 is 2.80 bits per heavy atom. The first-order valence-corrected chi connectivity index (χ1v) is 9.92. The lowest BCUT2D eigenvalue weighted by molar-refractivity contribution is -0.384. The number of nitro groups is 1. The van der Waals surface area contributed by atoms with Crippen LogP contribution in [0.15, 0.2) is 40.8 Å². The Morgan fingerprint density at radius 1 is 1.23 bits per heavy atom. The molecule has 0 saturated carbocycles. The number of fused-ring (bicyclic) bond motifs is 1. The van der Waals surface area contributed by atoms with E-state index in [4.69, 9.17) is 9.15 Å². The zero-order valence-corrected chi connectivity index (χ0v) is 16.8. The average molecular weight is 412 g/mol. The SMILES string of the molecule is Cc1cc2c(cc(C(=O)NCCN3CCOCC3)n2Cc2cccc([N+](=O)[O-])c2)o1. The van der Waals surface area contributed by atoms with E-state index in [-0.39, 0.29) is 11.6 Å². The molecule has 9 heteroatoms. The molecule has 1 aliphatic rings. The fraction of sp³-hybridized carbons (Fsp3) is 0.381. The van der Waals surface area contributed by atoms with Crippen LogP contribution in [0.4, 0.5) is 5.69 Å². The number of hydrogen-bond donors (Lipinski definition) is 1. The van der Waals surface area contributed by atoms with Crippen LogP contribution in [0.5, 0.6) is 0 Å². The van der Waals surface area contributed by atoms with Crippen LogP contribution in [0.25, 0.3) is 11.1 Å². The standard InChI is InChI=1S/C21H24N4O5/c1-15-11-18-20(30-15)13-19(21(26)22-5-6-23-7-9-29-10-8-23)24(18)14-16-3-2-4-17(12-16)25(27)28/h2-4,11-13H,5-10,14H2,1H3,(H,22,26). The second-order valence-electron chi connectivity index (χ2n) is 7.36. The fourth-order valence-corrected chi connectivity index (χ4v) is 3.72. The maximum Gasteiger partial charge on any atom is 0.269 e. The molecule has 0 unspecified atom stereocenters. The quantitative estimate of drug-likeness (QED) is 0.473. The molecule has 2 aromatic heterocycles. The number of rotatable bonds is 7. The summed E-state index contributed by atoms with van der Waals surface area (Å²) in [7, 11) is 0. The van der Waals surface area contributed by atoms with Gasteiger partial charge < -0.3 is 19.0 Å². The Balaban J connectivity index is 1.54. The van der Waals surface area contributed by atoms with Crippen molar-refractivity contribution in [2.75, 3.05) is 39.4 Å². The monoisotopic (exact) mass is 412 g/mol. The van der Waals surface area contributed by atoms with Crippen molar-refractivity contribution in [1.29, 1.82) is 0 Å². The van der Waals surface area contributed by atoms with Gasteiger partial charge in [-0.05, 0) is 12.5 Å². The first-order valence-electron chi connectivity index (χ1n) is 9.92. The molecule has 3 heterocycles. The number of furan rings is 1. The summed E-state index contributed by atoms with van der Waals surface area (Å²) in [5, 5.41) is 14.1. The maximum atomic E-state index is 12.9. The van der Waals surface area contributed by atoms with Gasteiger partial charge in [-0.2, -0.15) is 0 Å². The van der Waals surface area contributed by atoms with E-state index >= 15 is 0 Å². The van der Waals surface area contributed by atoms with Crippen LogP contribution >= 0.6 is 0 Å². The van der Waals surface area contributed by atoms with Gasteiger partial charge in [-0.3, -0.25) is 19.8 Å². The van der Waals surface area contributed by atoms with Gasteiger partial charge in [-0.1, -0.05) is 12.1 Å². The largest absolute Gasteiger partial charge is 0.460 e. The van der Waals surface area contributed by atoms with Crippen molar-refractivity contribution in [3.63, 3.8) is 0 Å². The second-order valence-corrected chi connectivity index (χ2v) is 7.36. The highest BCUT2D eigenvalue weighted by molar-refractivity contribution is 5.97. The molecule has 1 aromatic carbocycles. The van der Waals surface area contributed by atoms with Gasteiger partial charge in [-0.25, -0.2) is 0 Å². The number of ether oxygens (including phenoxy) is 1.